The van der Waals surface area contributed by atoms with E-state index < -0.39 is 5.97 Å². The molecule has 2 aromatic carbocycles. The smallest absolute Gasteiger partial charge is 0.308 e. The van der Waals surface area contributed by atoms with Crippen molar-refractivity contribution in [3.8, 4) is 11.5 Å². The van der Waals surface area contributed by atoms with Crippen LogP contribution in [0.5, 0.6) is 11.5 Å². The third kappa shape index (κ3) is 6.70. The second-order valence-electron chi connectivity index (χ2n) is 7.71. The number of nitrogens with zero attached hydrogens (tertiary/aromatic N) is 1. The molecule has 1 aliphatic heterocycles. The molecule has 0 unspecified atom stereocenters. The van der Waals surface area contributed by atoms with Crippen molar-refractivity contribution in [2.24, 2.45) is 5.92 Å². The molecule has 168 valence electrons. The molecule has 0 atom stereocenters. The molecule has 1 heterocycles. The van der Waals surface area contributed by atoms with Crippen LogP contribution in [0.4, 0.5) is 0 Å². The van der Waals surface area contributed by atoms with Gasteiger partial charge in [0.2, 0.25) is 5.91 Å². The summed E-state index contributed by atoms with van der Waals surface area (Å²) in [7, 11) is 1.61. The minimum atomic E-state index is -0.420. The normalized spacial score (nSPS) is 14.2. The highest BCUT2D eigenvalue weighted by molar-refractivity contribution is 5.95. The Labute approximate surface area is 188 Å². The highest BCUT2D eigenvalue weighted by atomic mass is 16.5. The fourth-order valence-electron chi connectivity index (χ4n) is 3.57. The number of ether oxygens (including phenoxy) is 2. The van der Waals surface area contributed by atoms with Crippen LogP contribution in [0.1, 0.15) is 35.7 Å². The van der Waals surface area contributed by atoms with Crippen molar-refractivity contribution in [1.29, 1.82) is 0 Å². The van der Waals surface area contributed by atoms with Gasteiger partial charge in [0.05, 0.1) is 7.11 Å². The lowest BCUT2D eigenvalue weighted by atomic mass is 9.96. The standard InChI is InChI=1S/C25H28N2O5/c1-18(28)32-23-5-3-4-21(16-23)25(30)27-14-12-20(13-15-27)17-26-24(29)11-8-19-6-9-22(31-2)10-7-19/h3-11,16,20H,12-15,17H2,1-2H3,(H,26,29)/b11-8+. The zero-order chi connectivity index (χ0) is 22.9. The first-order chi connectivity index (χ1) is 15.4. The van der Waals surface area contributed by atoms with Gasteiger partial charge in [0.25, 0.3) is 5.91 Å². The van der Waals surface area contributed by atoms with Crippen LogP contribution in [0.25, 0.3) is 6.08 Å². The van der Waals surface area contributed by atoms with E-state index in [1.807, 2.05) is 24.3 Å². The summed E-state index contributed by atoms with van der Waals surface area (Å²) < 4.78 is 10.2. The average molecular weight is 437 g/mol. The number of esters is 1. The Bertz CT molecular complexity index is 976. The Morgan fingerprint density at radius 3 is 2.44 bits per heavy atom. The molecule has 1 N–H and O–H groups in total. The summed E-state index contributed by atoms with van der Waals surface area (Å²) in [5, 5.41) is 2.94. The lowest BCUT2D eigenvalue weighted by Crippen LogP contribution is -2.41. The van der Waals surface area contributed by atoms with Gasteiger partial charge in [-0.1, -0.05) is 18.2 Å². The molecule has 1 fully saturated rings. The summed E-state index contributed by atoms with van der Waals surface area (Å²) in [5.74, 6) is 0.823. The van der Waals surface area contributed by atoms with Crippen LogP contribution in [0.15, 0.2) is 54.6 Å². The Morgan fingerprint density at radius 2 is 1.78 bits per heavy atom. The van der Waals surface area contributed by atoms with Gasteiger partial charge in [-0.15, -0.1) is 0 Å². The maximum atomic E-state index is 12.8. The maximum Gasteiger partial charge on any atom is 0.308 e. The van der Waals surface area contributed by atoms with E-state index in [0.717, 1.165) is 24.2 Å². The summed E-state index contributed by atoms with van der Waals surface area (Å²) in [6.07, 6.45) is 4.92. The first kappa shape index (κ1) is 23.1. The minimum Gasteiger partial charge on any atom is -0.497 e. The first-order valence-corrected chi connectivity index (χ1v) is 10.6. The van der Waals surface area contributed by atoms with E-state index in [9.17, 15) is 14.4 Å². The average Bonchev–Trinajstić information content (AvgIpc) is 2.81. The van der Waals surface area contributed by atoms with E-state index in [4.69, 9.17) is 9.47 Å². The monoisotopic (exact) mass is 436 g/mol. The van der Waals surface area contributed by atoms with Gasteiger partial charge in [0.15, 0.2) is 0 Å². The van der Waals surface area contributed by atoms with Gasteiger partial charge >= 0.3 is 5.97 Å². The number of likely N-dealkylation sites (tertiary alicyclic amines) is 1. The number of benzene rings is 2. The fourth-order valence-corrected chi connectivity index (χ4v) is 3.57. The molecule has 0 radical (unpaired) electrons. The first-order valence-electron chi connectivity index (χ1n) is 10.6. The molecule has 1 aliphatic rings. The number of carbonyl (C=O) groups is 3. The van der Waals surface area contributed by atoms with E-state index in [2.05, 4.69) is 5.32 Å². The number of piperidine rings is 1. The lowest BCUT2D eigenvalue weighted by molar-refractivity contribution is -0.131. The van der Waals surface area contributed by atoms with Gasteiger partial charge in [-0.05, 0) is 60.7 Å². The maximum absolute atomic E-state index is 12.8. The summed E-state index contributed by atoms with van der Waals surface area (Å²) in [6.45, 7) is 3.15. The third-order valence-corrected chi connectivity index (χ3v) is 5.35. The van der Waals surface area contributed by atoms with Gasteiger partial charge < -0.3 is 19.7 Å². The van der Waals surface area contributed by atoms with Crippen LogP contribution in [0.2, 0.25) is 0 Å². The van der Waals surface area contributed by atoms with E-state index in [0.29, 0.717) is 36.9 Å². The number of hydrogen-bond acceptors (Lipinski definition) is 5. The van der Waals surface area contributed by atoms with Gasteiger partial charge in [-0.25, -0.2) is 0 Å². The number of rotatable bonds is 7. The van der Waals surface area contributed by atoms with Crippen molar-refractivity contribution in [1.82, 2.24) is 10.2 Å². The van der Waals surface area contributed by atoms with Crippen molar-refractivity contribution in [2.45, 2.75) is 19.8 Å². The molecule has 3 rings (SSSR count). The molecular weight excluding hydrogens is 408 g/mol. The van der Waals surface area contributed by atoms with Crippen LogP contribution in [-0.4, -0.2) is 49.4 Å². The molecule has 1 saturated heterocycles. The molecule has 2 aromatic rings. The summed E-state index contributed by atoms with van der Waals surface area (Å²) >= 11 is 0. The Balaban J connectivity index is 1.43. The fraction of sp³-hybridized carbons (Fsp3) is 0.320. The van der Waals surface area contributed by atoms with E-state index in [1.54, 1.807) is 42.4 Å². The SMILES string of the molecule is COc1ccc(/C=C/C(=O)NCC2CCN(C(=O)c3cccc(OC(C)=O)c3)CC2)cc1. The molecule has 0 bridgehead atoms. The third-order valence-electron chi connectivity index (χ3n) is 5.35. The highest BCUT2D eigenvalue weighted by Crippen LogP contribution is 2.21. The zero-order valence-corrected chi connectivity index (χ0v) is 18.4. The van der Waals surface area contributed by atoms with Crippen molar-refractivity contribution in [3.63, 3.8) is 0 Å². The van der Waals surface area contributed by atoms with E-state index >= 15 is 0 Å². The van der Waals surface area contributed by atoms with Crippen molar-refractivity contribution in [3.05, 3.63) is 65.7 Å². The zero-order valence-electron chi connectivity index (χ0n) is 18.4. The van der Waals surface area contributed by atoms with Crippen molar-refractivity contribution in [2.75, 3.05) is 26.7 Å². The van der Waals surface area contributed by atoms with Gasteiger partial charge in [-0.2, -0.15) is 0 Å². The summed E-state index contributed by atoms with van der Waals surface area (Å²) in [6, 6.07) is 14.1. The molecule has 7 heteroatoms. The summed E-state index contributed by atoms with van der Waals surface area (Å²) in [5.41, 5.74) is 1.42. The Hall–Kier alpha value is -3.61. The van der Waals surface area contributed by atoms with Gasteiger partial charge in [0, 0.05) is 38.2 Å². The molecule has 2 amide bonds. The van der Waals surface area contributed by atoms with Crippen LogP contribution in [-0.2, 0) is 9.59 Å². The quantitative estimate of drug-likeness (QED) is 0.409. The highest BCUT2D eigenvalue weighted by Gasteiger charge is 2.24. The second-order valence-corrected chi connectivity index (χ2v) is 7.71. The number of nitrogens with one attached hydrogen (secondary N) is 1. The van der Waals surface area contributed by atoms with Gasteiger partial charge in [-0.3, -0.25) is 14.4 Å². The Morgan fingerprint density at radius 1 is 1.06 bits per heavy atom. The predicted octanol–water partition coefficient (Wildman–Crippen LogP) is 3.30. The number of hydrogen-bond donors (Lipinski definition) is 1. The van der Waals surface area contributed by atoms with Crippen molar-refractivity contribution >= 4 is 23.9 Å². The van der Waals surface area contributed by atoms with Crippen LogP contribution in [0.3, 0.4) is 0 Å². The summed E-state index contributed by atoms with van der Waals surface area (Å²) in [4.78, 5) is 37.8. The van der Waals surface area contributed by atoms with E-state index in [-0.39, 0.29) is 11.8 Å². The van der Waals surface area contributed by atoms with Crippen molar-refractivity contribution < 1.29 is 23.9 Å². The molecule has 7 nitrogen and oxygen atoms in total. The second kappa shape index (κ2) is 11.1. The van der Waals surface area contributed by atoms with Gasteiger partial charge in [0.1, 0.15) is 11.5 Å². The number of methoxy groups -OCH3 is 1. The topological polar surface area (TPSA) is 84.9 Å². The predicted molar refractivity (Wildman–Crippen MR) is 121 cm³/mol. The number of carbonyl (C=O) groups excluding carboxylic acids is 3. The molecule has 0 saturated carbocycles. The van der Waals surface area contributed by atoms with Crippen LogP contribution in [0, 0.1) is 5.92 Å². The molecular formula is C25H28N2O5. The van der Waals surface area contributed by atoms with E-state index in [1.165, 1.54) is 13.0 Å². The largest absolute Gasteiger partial charge is 0.497 e. The van der Waals surface area contributed by atoms with Crippen LogP contribution < -0.4 is 14.8 Å². The molecule has 0 spiro atoms. The number of amides is 2. The Kier molecular flexibility index (Phi) is 8.02. The molecule has 0 aliphatic carbocycles. The van der Waals surface area contributed by atoms with Crippen LogP contribution >= 0.6 is 0 Å². The lowest BCUT2D eigenvalue weighted by Gasteiger charge is -2.32. The minimum absolute atomic E-state index is 0.0797. The molecule has 32 heavy (non-hydrogen) atoms. The molecule has 0 aromatic heterocycles.